The van der Waals surface area contributed by atoms with E-state index in [1.54, 1.807) is 17.0 Å². The molecule has 0 aliphatic heterocycles. The maximum absolute atomic E-state index is 11.1. The average Bonchev–Trinajstić information content (AvgIpc) is 2.99. The van der Waals surface area contributed by atoms with E-state index in [2.05, 4.69) is 20.3 Å². The standard InChI is InChI=1S/C17H17N5O2/c1-2-18-17-19-8-13(9-20-17)16-15(12-6-4-3-5-7-12)21-11-22(16)10-14(23)24/h3-9,11H,2,10H2,1H3,(H,23,24)(H,18,19,20). The number of nitrogens with one attached hydrogen (secondary N) is 1. The average molecular weight is 323 g/mol. The second-order valence-electron chi connectivity index (χ2n) is 5.16. The molecule has 2 aromatic heterocycles. The molecule has 0 aliphatic carbocycles. The van der Waals surface area contributed by atoms with Crippen LogP contribution in [0.5, 0.6) is 0 Å². The van der Waals surface area contributed by atoms with Gasteiger partial charge in [0.2, 0.25) is 5.95 Å². The molecule has 2 N–H and O–H groups in total. The number of imidazole rings is 1. The number of aliphatic carboxylic acids is 1. The number of rotatable bonds is 6. The van der Waals surface area contributed by atoms with E-state index >= 15 is 0 Å². The maximum Gasteiger partial charge on any atom is 0.323 e. The van der Waals surface area contributed by atoms with E-state index in [1.807, 2.05) is 37.3 Å². The van der Waals surface area contributed by atoms with Gasteiger partial charge in [-0.15, -0.1) is 0 Å². The highest BCUT2D eigenvalue weighted by molar-refractivity contribution is 5.79. The topological polar surface area (TPSA) is 92.9 Å². The highest BCUT2D eigenvalue weighted by Gasteiger charge is 2.17. The third-order valence-corrected chi connectivity index (χ3v) is 3.45. The fourth-order valence-corrected chi connectivity index (χ4v) is 2.46. The number of carboxylic acids is 1. The highest BCUT2D eigenvalue weighted by atomic mass is 16.4. The number of anilines is 1. The molecule has 0 amide bonds. The number of benzene rings is 1. The summed E-state index contributed by atoms with van der Waals surface area (Å²) in [5.41, 5.74) is 3.02. The van der Waals surface area contributed by atoms with Crippen LogP contribution in [0.1, 0.15) is 6.92 Å². The summed E-state index contributed by atoms with van der Waals surface area (Å²) < 4.78 is 1.59. The van der Waals surface area contributed by atoms with Gasteiger partial charge in [-0.3, -0.25) is 4.79 Å². The fourth-order valence-electron chi connectivity index (χ4n) is 2.46. The van der Waals surface area contributed by atoms with Gasteiger partial charge in [-0.2, -0.15) is 0 Å². The molecular formula is C17H17N5O2. The predicted molar refractivity (Wildman–Crippen MR) is 90.5 cm³/mol. The van der Waals surface area contributed by atoms with Crippen LogP contribution in [0.15, 0.2) is 49.1 Å². The van der Waals surface area contributed by atoms with Gasteiger partial charge in [0.15, 0.2) is 0 Å². The molecule has 7 nitrogen and oxygen atoms in total. The minimum Gasteiger partial charge on any atom is -0.480 e. The number of aromatic nitrogens is 4. The molecule has 122 valence electrons. The zero-order chi connectivity index (χ0) is 16.9. The molecule has 0 fully saturated rings. The molecule has 24 heavy (non-hydrogen) atoms. The monoisotopic (exact) mass is 323 g/mol. The van der Waals surface area contributed by atoms with Crippen LogP contribution in [-0.2, 0) is 11.3 Å². The largest absolute Gasteiger partial charge is 0.480 e. The summed E-state index contributed by atoms with van der Waals surface area (Å²) in [6.07, 6.45) is 4.88. The minimum absolute atomic E-state index is 0.176. The fraction of sp³-hybridized carbons (Fsp3) is 0.176. The Morgan fingerprint density at radius 3 is 2.46 bits per heavy atom. The molecule has 0 aliphatic rings. The van der Waals surface area contributed by atoms with E-state index in [9.17, 15) is 4.79 Å². The van der Waals surface area contributed by atoms with E-state index in [0.717, 1.165) is 12.1 Å². The number of carboxylic acid groups (broad SMARTS) is 1. The van der Waals surface area contributed by atoms with E-state index in [-0.39, 0.29) is 6.54 Å². The number of hydrogen-bond donors (Lipinski definition) is 2. The summed E-state index contributed by atoms with van der Waals surface area (Å²) in [4.78, 5) is 24.1. The summed E-state index contributed by atoms with van der Waals surface area (Å²) >= 11 is 0. The summed E-state index contributed by atoms with van der Waals surface area (Å²) in [7, 11) is 0. The molecule has 2 heterocycles. The Bertz CT molecular complexity index is 828. The molecule has 0 atom stereocenters. The van der Waals surface area contributed by atoms with E-state index in [0.29, 0.717) is 22.9 Å². The Kier molecular flexibility index (Phi) is 4.51. The van der Waals surface area contributed by atoms with Gasteiger partial charge in [-0.25, -0.2) is 15.0 Å². The molecule has 1 aromatic carbocycles. The number of carbonyl (C=O) groups is 1. The van der Waals surface area contributed by atoms with Gasteiger partial charge >= 0.3 is 5.97 Å². The van der Waals surface area contributed by atoms with E-state index < -0.39 is 5.97 Å². The van der Waals surface area contributed by atoms with Crippen LogP contribution in [0.2, 0.25) is 0 Å². The van der Waals surface area contributed by atoms with Crippen LogP contribution in [-0.4, -0.2) is 37.1 Å². The van der Waals surface area contributed by atoms with Crippen molar-refractivity contribution in [3.8, 4) is 22.5 Å². The summed E-state index contributed by atoms with van der Waals surface area (Å²) in [5, 5.41) is 12.2. The maximum atomic E-state index is 11.1. The zero-order valence-electron chi connectivity index (χ0n) is 13.2. The molecule has 0 saturated heterocycles. The van der Waals surface area contributed by atoms with Crippen LogP contribution in [0, 0.1) is 0 Å². The molecule has 3 aromatic rings. The first-order valence-corrected chi connectivity index (χ1v) is 7.57. The van der Waals surface area contributed by atoms with Crippen molar-refractivity contribution < 1.29 is 9.90 Å². The van der Waals surface area contributed by atoms with Gasteiger partial charge in [0.1, 0.15) is 6.54 Å². The van der Waals surface area contributed by atoms with E-state index in [1.165, 1.54) is 6.33 Å². The lowest BCUT2D eigenvalue weighted by atomic mass is 10.1. The lowest BCUT2D eigenvalue weighted by Gasteiger charge is -2.09. The molecule has 0 saturated carbocycles. The highest BCUT2D eigenvalue weighted by Crippen LogP contribution is 2.30. The minimum atomic E-state index is -0.932. The Morgan fingerprint density at radius 2 is 1.83 bits per heavy atom. The second-order valence-corrected chi connectivity index (χ2v) is 5.16. The van der Waals surface area contributed by atoms with Crippen molar-refractivity contribution in [2.24, 2.45) is 0 Å². The van der Waals surface area contributed by atoms with Crippen LogP contribution >= 0.6 is 0 Å². The number of nitrogens with zero attached hydrogens (tertiary/aromatic N) is 4. The van der Waals surface area contributed by atoms with Gasteiger partial charge < -0.3 is 15.0 Å². The predicted octanol–water partition coefficient (Wildman–Crippen LogP) is 2.52. The third-order valence-electron chi connectivity index (χ3n) is 3.45. The number of hydrogen-bond acceptors (Lipinski definition) is 5. The van der Waals surface area contributed by atoms with E-state index in [4.69, 9.17) is 5.11 Å². The molecule has 0 spiro atoms. The van der Waals surface area contributed by atoms with Crippen LogP contribution in [0.25, 0.3) is 22.5 Å². The first kappa shape index (κ1) is 15.7. The second kappa shape index (κ2) is 6.91. The normalized spacial score (nSPS) is 10.5. The SMILES string of the molecule is CCNc1ncc(-c2c(-c3ccccc3)ncn2CC(=O)O)cn1. The van der Waals surface area contributed by atoms with Crippen molar-refractivity contribution >= 4 is 11.9 Å². The van der Waals surface area contributed by atoms with Gasteiger partial charge in [-0.1, -0.05) is 30.3 Å². The van der Waals surface area contributed by atoms with Crippen LogP contribution < -0.4 is 5.32 Å². The van der Waals surface area contributed by atoms with Gasteiger partial charge in [-0.05, 0) is 6.92 Å². The van der Waals surface area contributed by atoms with Crippen molar-refractivity contribution in [3.63, 3.8) is 0 Å². The summed E-state index contributed by atoms with van der Waals surface area (Å²) in [6, 6.07) is 9.63. The van der Waals surface area contributed by atoms with Gasteiger partial charge in [0.05, 0.1) is 17.7 Å². The van der Waals surface area contributed by atoms with Gasteiger partial charge in [0.25, 0.3) is 0 Å². The van der Waals surface area contributed by atoms with Crippen LogP contribution in [0.4, 0.5) is 5.95 Å². The smallest absolute Gasteiger partial charge is 0.323 e. The van der Waals surface area contributed by atoms with Crippen molar-refractivity contribution in [1.29, 1.82) is 0 Å². The summed E-state index contributed by atoms with van der Waals surface area (Å²) in [5.74, 6) is -0.398. The zero-order valence-corrected chi connectivity index (χ0v) is 13.2. The first-order chi connectivity index (χ1) is 11.7. The van der Waals surface area contributed by atoms with Crippen molar-refractivity contribution in [1.82, 2.24) is 19.5 Å². The quantitative estimate of drug-likeness (QED) is 0.724. The Morgan fingerprint density at radius 1 is 1.12 bits per heavy atom. The lowest BCUT2D eigenvalue weighted by Crippen LogP contribution is -2.09. The molecule has 0 bridgehead atoms. The molecular weight excluding hydrogens is 306 g/mol. The van der Waals surface area contributed by atoms with Crippen molar-refractivity contribution in [2.45, 2.75) is 13.5 Å². The third kappa shape index (κ3) is 3.24. The Labute approximate surface area is 139 Å². The molecule has 0 radical (unpaired) electrons. The summed E-state index contributed by atoms with van der Waals surface area (Å²) in [6.45, 7) is 2.52. The lowest BCUT2D eigenvalue weighted by molar-refractivity contribution is -0.137. The van der Waals surface area contributed by atoms with Gasteiger partial charge in [0, 0.05) is 30.1 Å². The first-order valence-electron chi connectivity index (χ1n) is 7.57. The molecule has 7 heteroatoms. The molecule has 3 rings (SSSR count). The van der Waals surface area contributed by atoms with Crippen molar-refractivity contribution in [2.75, 3.05) is 11.9 Å². The molecule has 0 unspecified atom stereocenters. The van der Waals surface area contributed by atoms with Crippen molar-refractivity contribution in [3.05, 3.63) is 49.1 Å². The van der Waals surface area contributed by atoms with Crippen LogP contribution in [0.3, 0.4) is 0 Å². The Hall–Kier alpha value is -3.22. The Balaban J connectivity index is 2.09.